The number of carbonyl (C=O) groups excluding carboxylic acids is 1. The van der Waals surface area contributed by atoms with Crippen LogP contribution in [0.4, 0.5) is 24.0 Å². The van der Waals surface area contributed by atoms with Crippen LogP contribution in [0.15, 0.2) is 78.2 Å². The van der Waals surface area contributed by atoms with Gasteiger partial charge in [-0.1, -0.05) is 42.5 Å². The predicted molar refractivity (Wildman–Crippen MR) is 125 cm³/mol. The smallest absolute Gasteiger partial charge is 0.375 e. The van der Waals surface area contributed by atoms with Gasteiger partial charge in [-0.3, -0.25) is 4.79 Å². The Bertz CT molecular complexity index is 1250. The minimum atomic E-state index is -4.41. The van der Waals surface area contributed by atoms with Crippen molar-refractivity contribution in [1.29, 1.82) is 0 Å². The number of thiazole rings is 1. The first kappa shape index (κ1) is 22.5. The minimum absolute atomic E-state index is 0.337. The monoisotopic (exact) mass is 467 g/mol. The van der Waals surface area contributed by atoms with Crippen molar-refractivity contribution < 1.29 is 18.0 Å². The standard InChI is InChI=1S/C25H20F3N3OS/c26-25(27,28)18-10-8-17(9-11-18)21-3-1-2-4-22(21)23(32)30-19-12-5-16(6-13-19)7-14-20-15-33-24(29)31-20/h1-6,8-13,15H,7,14H2,(H2,29,31)(H,30,32). The third-order valence-electron chi connectivity index (χ3n) is 5.15. The minimum Gasteiger partial charge on any atom is -0.375 e. The molecule has 0 saturated heterocycles. The Hall–Kier alpha value is -3.65. The van der Waals surface area contributed by atoms with Gasteiger partial charge in [0.05, 0.1) is 11.3 Å². The van der Waals surface area contributed by atoms with Gasteiger partial charge in [0, 0.05) is 16.6 Å². The van der Waals surface area contributed by atoms with E-state index >= 15 is 0 Å². The van der Waals surface area contributed by atoms with E-state index in [0.29, 0.717) is 27.5 Å². The van der Waals surface area contributed by atoms with Crippen molar-refractivity contribution >= 4 is 28.1 Å². The summed E-state index contributed by atoms with van der Waals surface area (Å²) in [6.45, 7) is 0. The highest BCUT2D eigenvalue weighted by molar-refractivity contribution is 7.13. The highest BCUT2D eigenvalue weighted by Gasteiger charge is 2.30. The molecule has 0 saturated carbocycles. The number of benzene rings is 3. The van der Waals surface area contributed by atoms with Gasteiger partial charge in [-0.05, 0) is 59.9 Å². The molecule has 1 heterocycles. The second kappa shape index (κ2) is 9.46. The van der Waals surface area contributed by atoms with Crippen LogP contribution in [0.2, 0.25) is 0 Å². The lowest BCUT2D eigenvalue weighted by molar-refractivity contribution is -0.137. The van der Waals surface area contributed by atoms with Crippen molar-refractivity contribution in [3.63, 3.8) is 0 Å². The number of aryl methyl sites for hydroxylation is 2. The fourth-order valence-corrected chi connectivity index (χ4v) is 4.03. The molecule has 0 aliphatic carbocycles. The summed E-state index contributed by atoms with van der Waals surface area (Å²) in [5, 5.41) is 5.36. The predicted octanol–water partition coefficient (Wildman–Crippen LogP) is 6.45. The number of alkyl halides is 3. The molecule has 0 spiro atoms. The van der Waals surface area contributed by atoms with E-state index in [-0.39, 0.29) is 5.91 Å². The van der Waals surface area contributed by atoms with Crippen LogP contribution in [0.3, 0.4) is 0 Å². The number of nitrogens with two attached hydrogens (primary N) is 1. The van der Waals surface area contributed by atoms with Gasteiger partial charge in [-0.15, -0.1) is 11.3 Å². The Morgan fingerprint density at radius 3 is 2.27 bits per heavy atom. The fourth-order valence-electron chi connectivity index (χ4n) is 3.43. The van der Waals surface area contributed by atoms with E-state index in [0.717, 1.165) is 36.2 Å². The number of nitrogen functional groups attached to an aromatic ring is 1. The number of hydrogen-bond acceptors (Lipinski definition) is 4. The zero-order chi connectivity index (χ0) is 23.4. The highest BCUT2D eigenvalue weighted by atomic mass is 32.1. The molecule has 33 heavy (non-hydrogen) atoms. The summed E-state index contributed by atoms with van der Waals surface area (Å²) in [7, 11) is 0. The molecule has 4 nitrogen and oxygen atoms in total. The van der Waals surface area contributed by atoms with E-state index in [2.05, 4.69) is 10.3 Å². The second-order valence-electron chi connectivity index (χ2n) is 7.45. The van der Waals surface area contributed by atoms with Crippen LogP contribution < -0.4 is 11.1 Å². The molecule has 1 aromatic heterocycles. The van der Waals surface area contributed by atoms with E-state index in [4.69, 9.17) is 5.73 Å². The lowest BCUT2D eigenvalue weighted by Gasteiger charge is -2.12. The Morgan fingerprint density at radius 1 is 0.939 bits per heavy atom. The molecule has 4 aromatic rings. The van der Waals surface area contributed by atoms with E-state index in [9.17, 15) is 18.0 Å². The molecule has 1 amide bonds. The summed E-state index contributed by atoms with van der Waals surface area (Å²) in [6, 6.07) is 19.1. The number of anilines is 2. The molecular weight excluding hydrogens is 447 g/mol. The Balaban J connectivity index is 1.45. The van der Waals surface area contributed by atoms with Crippen molar-refractivity contribution in [2.24, 2.45) is 0 Å². The van der Waals surface area contributed by atoms with E-state index in [1.807, 2.05) is 29.6 Å². The number of nitrogens with zero attached hydrogens (tertiary/aromatic N) is 1. The fraction of sp³-hybridized carbons (Fsp3) is 0.120. The van der Waals surface area contributed by atoms with E-state index in [1.54, 1.807) is 24.3 Å². The quantitative estimate of drug-likeness (QED) is 0.342. The third kappa shape index (κ3) is 5.59. The number of hydrogen-bond donors (Lipinski definition) is 2. The maximum atomic E-state index is 12.9. The molecule has 8 heteroatoms. The normalized spacial score (nSPS) is 11.4. The number of carbonyl (C=O) groups is 1. The zero-order valence-electron chi connectivity index (χ0n) is 17.4. The number of amides is 1. The Kier molecular flexibility index (Phi) is 6.46. The first-order valence-corrected chi connectivity index (χ1v) is 11.0. The van der Waals surface area contributed by atoms with Crippen LogP contribution in [0, 0.1) is 0 Å². The van der Waals surface area contributed by atoms with Crippen molar-refractivity contribution in [3.05, 3.63) is 101 Å². The molecule has 168 valence electrons. The number of halogens is 3. The second-order valence-corrected chi connectivity index (χ2v) is 8.34. The zero-order valence-corrected chi connectivity index (χ0v) is 18.2. The van der Waals surface area contributed by atoms with Crippen LogP contribution in [0.25, 0.3) is 11.1 Å². The topological polar surface area (TPSA) is 68.0 Å². The molecule has 0 radical (unpaired) electrons. The number of aromatic nitrogens is 1. The van der Waals surface area contributed by atoms with Crippen molar-refractivity contribution in [3.8, 4) is 11.1 Å². The molecule has 0 unspecified atom stereocenters. The van der Waals surface area contributed by atoms with E-state index < -0.39 is 11.7 Å². The first-order valence-electron chi connectivity index (χ1n) is 10.2. The summed E-state index contributed by atoms with van der Waals surface area (Å²) in [5.41, 5.74) is 9.08. The van der Waals surface area contributed by atoms with Gasteiger partial charge in [0.2, 0.25) is 0 Å². The van der Waals surface area contributed by atoms with Gasteiger partial charge in [-0.2, -0.15) is 13.2 Å². The lowest BCUT2D eigenvalue weighted by Crippen LogP contribution is -2.13. The van der Waals surface area contributed by atoms with Crippen LogP contribution >= 0.6 is 11.3 Å². The van der Waals surface area contributed by atoms with Crippen molar-refractivity contribution in [2.45, 2.75) is 19.0 Å². The SMILES string of the molecule is Nc1nc(CCc2ccc(NC(=O)c3ccccc3-c3ccc(C(F)(F)F)cc3)cc2)cs1. The number of nitrogens with one attached hydrogen (secondary N) is 1. The molecule has 3 aromatic carbocycles. The number of rotatable bonds is 6. The lowest BCUT2D eigenvalue weighted by atomic mass is 9.98. The van der Waals surface area contributed by atoms with Crippen molar-refractivity contribution in [1.82, 2.24) is 4.98 Å². The van der Waals surface area contributed by atoms with Gasteiger partial charge in [0.1, 0.15) is 0 Å². The third-order valence-corrected chi connectivity index (χ3v) is 5.87. The average Bonchev–Trinajstić information content (AvgIpc) is 3.23. The van der Waals surface area contributed by atoms with Crippen LogP contribution in [-0.2, 0) is 19.0 Å². The largest absolute Gasteiger partial charge is 0.416 e. The summed E-state index contributed by atoms with van der Waals surface area (Å²) < 4.78 is 38.6. The maximum absolute atomic E-state index is 12.9. The molecular formula is C25H20F3N3OS. The molecule has 0 bridgehead atoms. The summed E-state index contributed by atoms with van der Waals surface area (Å²) in [5.74, 6) is -0.337. The Labute approximate surface area is 192 Å². The van der Waals surface area contributed by atoms with Gasteiger partial charge in [0.25, 0.3) is 5.91 Å². The van der Waals surface area contributed by atoms with Crippen molar-refractivity contribution in [2.75, 3.05) is 11.1 Å². The molecule has 0 fully saturated rings. The summed E-state index contributed by atoms with van der Waals surface area (Å²) in [4.78, 5) is 17.2. The van der Waals surface area contributed by atoms with Gasteiger partial charge < -0.3 is 11.1 Å². The summed E-state index contributed by atoms with van der Waals surface area (Å²) >= 11 is 1.42. The van der Waals surface area contributed by atoms with Crippen LogP contribution in [-0.4, -0.2) is 10.9 Å². The molecule has 3 N–H and O–H groups in total. The van der Waals surface area contributed by atoms with E-state index in [1.165, 1.54) is 23.5 Å². The van der Waals surface area contributed by atoms with Crippen LogP contribution in [0.5, 0.6) is 0 Å². The molecule has 0 aliphatic rings. The molecule has 0 aliphatic heterocycles. The molecule has 0 atom stereocenters. The highest BCUT2D eigenvalue weighted by Crippen LogP contribution is 2.32. The average molecular weight is 468 g/mol. The Morgan fingerprint density at radius 2 is 1.64 bits per heavy atom. The molecule has 4 rings (SSSR count). The van der Waals surface area contributed by atoms with Gasteiger partial charge in [-0.25, -0.2) is 4.98 Å². The maximum Gasteiger partial charge on any atom is 0.416 e. The van der Waals surface area contributed by atoms with Gasteiger partial charge >= 0.3 is 6.18 Å². The van der Waals surface area contributed by atoms with Gasteiger partial charge in [0.15, 0.2) is 5.13 Å². The first-order chi connectivity index (χ1) is 15.8. The van der Waals surface area contributed by atoms with Crippen LogP contribution in [0.1, 0.15) is 27.2 Å². The summed E-state index contributed by atoms with van der Waals surface area (Å²) in [6.07, 6.45) is -2.83.